The molecule has 0 aliphatic heterocycles. The van der Waals surface area contributed by atoms with Crippen LogP contribution >= 0.6 is 0 Å². The number of aryl methyl sites for hydroxylation is 1. The quantitative estimate of drug-likeness (QED) is 0.438. The summed E-state index contributed by atoms with van der Waals surface area (Å²) < 4.78 is 9.87. The Kier molecular flexibility index (Phi) is 7.25. The molecular weight excluding hydrogens is 344 g/mol. The lowest BCUT2D eigenvalue weighted by Gasteiger charge is -2.12. The first-order chi connectivity index (χ1) is 13.0. The highest BCUT2D eigenvalue weighted by molar-refractivity contribution is 6.42. The normalized spacial score (nSPS) is 11.2. The summed E-state index contributed by atoms with van der Waals surface area (Å²) in [5, 5.41) is 12.2. The van der Waals surface area contributed by atoms with Crippen LogP contribution in [0.4, 0.5) is 0 Å². The molecule has 0 saturated heterocycles. The van der Waals surface area contributed by atoms with Crippen LogP contribution in [0.3, 0.4) is 0 Å². The lowest BCUT2D eigenvalue weighted by molar-refractivity contribution is -0.132. The molecule has 1 N–H and O–H groups in total. The average molecular weight is 368 g/mol. The van der Waals surface area contributed by atoms with Crippen LogP contribution in [-0.2, 0) is 32.3 Å². The van der Waals surface area contributed by atoms with E-state index >= 15 is 0 Å². The van der Waals surface area contributed by atoms with Crippen LogP contribution in [0.5, 0.6) is 0 Å². The third-order valence-corrected chi connectivity index (χ3v) is 4.19. The molecule has 27 heavy (non-hydrogen) atoms. The van der Waals surface area contributed by atoms with Gasteiger partial charge in [0, 0.05) is 23.8 Å². The van der Waals surface area contributed by atoms with E-state index in [1.165, 1.54) is 7.11 Å². The van der Waals surface area contributed by atoms with E-state index in [9.17, 15) is 4.79 Å². The van der Waals surface area contributed by atoms with Gasteiger partial charge in [0.05, 0.1) is 19.4 Å². The summed E-state index contributed by atoms with van der Waals surface area (Å²) in [6.07, 6.45) is 0. The predicted molar refractivity (Wildman–Crippen MR) is 104 cm³/mol. The number of nitrogens with zero attached hydrogens (tertiary/aromatic N) is 1. The molecule has 0 spiro atoms. The average Bonchev–Trinajstić information content (AvgIpc) is 2.68. The Morgan fingerprint density at radius 2 is 1.74 bits per heavy atom. The molecule has 2 aromatic rings. The van der Waals surface area contributed by atoms with Gasteiger partial charge in [0.15, 0.2) is 0 Å². The standard InChI is InChI=1S/C21H24N2O4/c1-14-8-7-11-18(20(22)21(24)26-4)19(14)13-27-23-15(2)17-10-6-5-9-16(17)12-25-3/h5-11,22H,12-13H2,1-4H3/b22-20?,23-15+. The number of rotatable bonds is 8. The van der Waals surface area contributed by atoms with E-state index in [0.29, 0.717) is 12.2 Å². The summed E-state index contributed by atoms with van der Waals surface area (Å²) in [6.45, 7) is 4.40. The lowest BCUT2D eigenvalue weighted by atomic mass is 9.99. The van der Waals surface area contributed by atoms with E-state index in [2.05, 4.69) is 9.89 Å². The topological polar surface area (TPSA) is 81.0 Å². The maximum Gasteiger partial charge on any atom is 0.356 e. The van der Waals surface area contributed by atoms with Crippen LogP contribution < -0.4 is 0 Å². The molecule has 0 aliphatic rings. The fourth-order valence-electron chi connectivity index (χ4n) is 2.74. The molecule has 2 aromatic carbocycles. The van der Waals surface area contributed by atoms with Crippen molar-refractivity contribution in [3.05, 3.63) is 70.3 Å². The number of benzene rings is 2. The Morgan fingerprint density at radius 1 is 1.04 bits per heavy atom. The maximum absolute atomic E-state index is 11.7. The lowest BCUT2D eigenvalue weighted by Crippen LogP contribution is -2.18. The number of oxime groups is 1. The number of methoxy groups -OCH3 is 2. The molecule has 0 bridgehead atoms. The Bertz CT molecular complexity index is 859. The SMILES string of the molecule is COCc1ccccc1/C(C)=N/OCc1c(C)cccc1C(=N)C(=O)OC. The highest BCUT2D eigenvalue weighted by Crippen LogP contribution is 2.18. The summed E-state index contributed by atoms with van der Waals surface area (Å²) in [5.41, 5.74) is 4.62. The van der Waals surface area contributed by atoms with Crippen LogP contribution in [0.1, 0.15) is 34.7 Å². The minimum absolute atomic E-state index is 0.144. The van der Waals surface area contributed by atoms with Gasteiger partial charge in [-0.25, -0.2) is 4.79 Å². The summed E-state index contributed by atoms with van der Waals surface area (Å²) in [4.78, 5) is 17.3. The van der Waals surface area contributed by atoms with E-state index in [1.54, 1.807) is 19.2 Å². The second kappa shape index (κ2) is 9.64. The summed E-state index contributed by atoms with van der Waals surface area (Å²) in [6, 6.07) is 13.2. The monoisotopic (exact) mass is 368 g/mol. The second-order valence-corrected chi connectivity index (χ2v) is 6.01. The summed E-state index contributed by atoms with van der Waals surface area (Å²) in [5.74, 6) is -0.685. The zero-order chi connectivity index (χ0) is 19.8. The summed E-state index contributed by atoms with van der Waals surface area (Å²) in [7, 11) is 2.91. The number of carbonyl (C=O) groups is 1. The van der Waals surface area contributed by atoms with Gasteiger partial charge in [0.2, 0.25) is 0 Å². The first-order valence-electron chi connectivity index (χ1n) is 8.49. The molecule has 0 heterocycles. The smallest absolute Gasteiger partial charge is 0.356 e. The third kappa shape index (κ3) is 5.01. The first kappa shape index (κ1) is 20.3. The van der Waals surface area contributed by atoms with Crippen molar-refractivity contribution in [3.8, 4) is 0 Å². The zero-order valence-electron chi connectivity index (χ0n) is 16.0. The van der Waals surface area contributed by atoms with Crippen molar-refractivity contribution in [1.82, 2.24) is 0 Å². The maximum atomic E-state index is 11.7. The van der Waals surface area contributed by atoms with Crippen molar-refractivity contribution in [2.45, 2.75) is 27.1 Å². The highest BCUT2D eigenvalue weighted by atomic mass is 16.6. The Morgan fingerprint density at radius 3 is 2.44 bits per heavy atom. The van der Waals surface area contributed by atoms with E-state index in [-0.39, 0.29) is 12.3 Å². The molecule has 0 amide bonds. The minimum atomic E-state index is -0.685. The van der Waals surface area contributed by atoms with Crippen molar-refractivity contribution < 1.29 is 19.1 Å². The Hall–Kier alpha value is -2.99. The fourth-order valence-corrected chi connectivity index (χ4v) is 2.74. The van der Waals surface area contributed by atoms with Crippen molar-refractivity contribution in [2.75, 3.05) is 14.2 Å². The molecule has 2 rings (SSSR count). The molecule has 0 atom stereocenters. The molecular formula is C21H24N2O4. The largest absolute Gasteiger partial charge is 0.464 e. The van der Waals surface area contributed by atoms with Gasteiger partial charge in [0.25, 0.3) is 0 Å². The molecule has 0 aromatic heterocycles. The van der Waals surface area contributed by atoms with E-state index in [0.717, 1.165) is 28.0 Å². The number of nitrogens with one attached hydrogen (secondary N) is 1. The molecule has 142 valence electrons. The molecule has 0 fully saturated rings. The molecule has 6 heteroatoms. The first-order valence-corrected chi connectivity index (χ1v) is 8.49. The Labute approximate surface area is 159 Å². The van der Waals surface area contributed by atoms with Crippen LogP contribution in [0.2, 0.25) is 0 Å². The number of hydrogen-bond acceptors (Lipinski definition) is 6. The number of carbonyl (C=O) groups excluding carboxylic acids is 1. The molecule has 0 radical (unpaired) electrons. The fraction of sp³-hybridized carbons (Fsp3) is 0.286. The molecule has 6 nitrogen and oxygen atoms in total. The third-order valence-electron chi connectivity index (χ3n) is 4.19. The molecule has 0 unspecified atom stereocenters. The van der Waals surface area contributed by atoms with E-state index in [1.807, 2.05) is 44.2 Å². The van der Waals surface area contributed by atoms with Crippen LogP contribution in [0.25, 0.3) is 0 Å². The summed E-state index contributed by atoms with van der Waals surface area (Å²) >= 11 is 0. The predicted octanol–water partition coefficient (Wildman–Crippen LogP) is 3.62. The van der Waals surface area contributed by atoms with Gasteiger partial charge >= 0.3 is 5.97 Å². The van der Waals surface area contributed by atoms with Gasteiger partial charge < -0.3 is 14.3 Å². The van der Waals surface area contributed by atoms with Gasteiger partial charge in [-0.1, -0.05) is 47.6 Å². The number of ether oxygens (including phenoxy) is 2. The van der Waals surface area contributed by atoms with Crippen molar-refractivity contribution in [3.63, 3.8) is 0 Å². The highest BCUT2D eigenvalue weighted by Gasteiger charge is 2.17. The van der Waals surface area contributed by atoms with E-state index < -0.39 is 5.97 Å². The van der Waals surface area contributed by atoms with Crippen LogP contribution in [0.15, 0.2) is 47.6 Å². The number of hydrogen-bond donors (Lipinski definition) is 1. The van der Waals surface area contributed by atoms with Gasteiger partial charge in [-0.05, 0) is 25.0 Å². The van der Waals surface area contributed by atoms with Gasteiger partial charge in [0.1, 0.15) is 12.3 Å². The van der Waals surface area contributed by atoms with Gasteiger partial charge in [-0.15, -0.1) is 0 Å². The molecule has 0 aliphatic carbocycles. The van der Waals surface area contributed by atoms with Crippen LogP contribution in [-0.4, -0.2) is 31.6 Å². The molecule has 0 saturated carbocycles. The Balaban J connectivity index is 2.21. The van der Waals surface area contributed by atoms with Crippen molar-refractivity contribution >= 4 is 17.4 Å². The van der Waals surface area contributed by atoms with Crippen molar-refractivity contribution in [2.24, 2.45) is 5.16 Å². The number of esters is 1. The van der Waals surface area contributed by atoms with Gasteiger partial charge in [-0.3, -0.25) is 5.41 Å². The second-order valence-electron chi connectivity index (χ2n) is 6.01. The minimum Gasteiger partial charge on any atom is -0.464 e. The van der Waals surface area contributed by atoms with Crippen LogP contribution in [0, 0.1) is 12.3 Å². The van der Waals surface area contributed by atoms with Gasteiger partial charge in [-0.2, -0.15) is 0 Å². The van der Waals surface area contributed by atoms with Crippen molar-refractivity contribution in [1.29, 1.82) is 5.41 Å². The van der Waals surface area contributed by atoms with E-state index in [4.69, 9.17) is 15.0 Å². The zero-order valence-corrected chi connectivity index (χ0v) is 16.0.